The van der Waals surface area contributed by atoms with Gasteiger partial charge in [-0.1, -0.05) is 27.2 Å². The summed E-state index contributed by atoms with van der Waals surface area (Å²) in [5.41, 5.74) is 0. The molecule has 1 aliphatic rings. The smallest absolute Gasteiger partial charge is 0.214 e. The van der Waals surface area contributed by atoms with E-state index in [4.69, 9.17) is 0 Å². The van der Waals surface area contributed by atoms with Crippen LogP contribution in [0.4, 0.5) is 0 Å². The average molecular weight is 276 g/mol. The van der Waals surface area contributed by atoms with Gasteiger partial charge in [0.25, 0.3) is 0 Å². The Morgan fingerprint density at radius 1 is 1.28 bits per heavy atom. The molecule has 1 heterocycles. The summed E-state index contributed by atoms with van der Waals surface area (Å²) in [7, 11) is -2.99. The van der Waals surface area contributed by atoms with Gasteiger partial charge >= 0.3 is 0 Å². The van der Waals surface area contributed by atoms with Crippen LogP contribution in [-0.4, -0.2) is 44.2 Å². The van der Waals surface area contributed by atoms with Crippen LogP contribution in [0, 0.1) is 5.92 Å². The molecule has 1 rings (SSSR count). The highest BCUT2D eigenvalue weighted by Crippen LogP contribution is 2.15. The van der Waals surface area contributed by atoms with Crippen LogP contribution < -0.4 is 5.32 Å². The number of hydrogen-bond donors (Lipinski definition) is 1. The molecule has 1 saturated heterocycles. The Morgan fingerprint density at radius 2 is 1.89 bits per heavy atom. The third-order valence-corrected chi connectivity index (χ3v) is 5.84. The standard InChI is InChI=1S/C13H28N2O2S/c1-4-10-18(16,17)15-8-6-13(7-9-15)14-11-12(3)5-2/h12-14H,4-11H2,1-3H3. The molecule has 0 aromatic rings. The number of piperidine rings is 1. The van der Waals surface area contributed by atoms with Gasteiger partial charge in [0, 0.05) is 19.1 Å². The lowest BCUT2D eigenvalue weighted by Gasteiger charge is -2.32. The molecule has 1 aliphatic heterocycles. The van der Waals surface area contributed by atoms with Crippen molar-refractivity contribution in [2.24, 2.45) is 5.92 Å². The van der Waals surface area contributed by atoms with Gasteiger partial charge in [0.1, 0.15) is 0 Å². The third kappa shape index (κ3) is 4.86. The van der Waals surface area contributed by atoms with Gasteiger partial charge in [-0.25, -0.2) is 12.7 Å². The number of hydrogen-bond acceptors (Lipinski definition) is 3. The van der Waals surface area contributed by atoms with Crippen LogP contribution >= 0.6 is 0 Å². The maximum absolute atomic E-state index is 11.9. The fraction of sp³-hybridized carbons (Fsp3) is 1.00. The Balaban J connectivity index is 2.32. The van der Waals surface area contributed by atoms with E-state index < -0.39 is 10.0 Å². The molecular weight excluding hydrogens is 248 g/mol. The molecule has 5 heteroatoms. The molecule has 0 spiro atoms. The van der Waals surface area contributed by atoms with Crippen molar-refractivity contribution in [1.82, 2.24) is 9.62 Å². The molecule has 1 N–H and O–H groups in total. The maximum Gasteiger partial charge on any atom is 0.214 e. The monoisotopic (exact) mass is 276 g/mol. The van der Waals surface area contributed by atoms with E-state index in [1.807, 2.05) is 6.92 Å². The lowest BCUT2D eigenvalue weighted by Crippen LogP contribution is -2.46. The number of sulfonamides is 1. The van der Waals surface area contributed by atoms with E-state index in [1.54, 1.807) is 4.31 Å². The number of rotatable bonds is 7. The Labute approximate surface area is 112 Å². The summed E-state index contributed by atoms with van der Waals surface area (Å²) < 4.78 is 25.5. The molecule has 1 fully saturated rings. The minimum Gasteiger partial charge on any atom is -0.314 e. The Bertz CT molecular complexity index is 322. The minimum absolute atomic E-state index is 0.290. The third-order valence-electron chi connectivity index (χ3n) is 3.76. The summed E-state index contributed by atoms with van der Waals surface area (Å²) in [5, 5.41) is 3.55. The maximum atomic E-state index is 11.9. The molecule has 1 atom stereocenters. The van der Waals surface area contributed by atoms with Crippen molar-refractivity contribution in [1.29, 1.82) is 0 Å². The lowest BCUT2D eigenvalue weighted by atomic mass is 10.0. The molecule has 0 radical (unpaired) electrons. The van der Waals surface area contributed by atoms with E-state index in [0.29, 0.717) is 31.5 Å². The summed E-state index contributed by atoms with van der Waals surface area (Å²) in [5.74, 6) is 0.990. The number of nitrogens with one attached hydrogen (secondary N) is 1. The van der Waals surface area contributed by atoms with Gasteiger partial charge in [-0.3, -0.25) is 0 Å². The van der Waals surface area contributed by atoms with E-state index in [2.05, 4.69) is 19.2 Å². The van der Waals surface area contributed by atoms with Gasteiger partial charge < -0.3 is 5.32 Å². The van der Waals surface area contributed by atoms with Crippen molar-refractivity contribution in [3.8, 4) is 0 Å². The second-order valence-electron chi connectivity index (χ2n) is 5.41. The molecule has 0 aromatic carbocycles. The predicted molar refractivity (Wildman–Crippen MR) is 76.1 cm³/mol. The van der Waals surface area contributed by atoms with Crippen molar-refractivity contribution in [2.75, 3.05) is 25.4 Å². The molecule has 108 valence electrons. The molecule has 0 saturated carbocycles. The summed E-state index contributed by atoms with van der Waals surface area (Å²) in [6, 6.07) is 0.493. The zero-order valence-electron chi connectivity index (χ0n) is 12.0. The minimum atomic E-state index is -2.99. The SMILES string of the molecule is CCCS(=O)(=O)N1CCC(NCC(C)CC)CC1. The zero-order valence-corrected chi connectivity index (χ0v) is 12.8. The Morgan fingerprint density at radius 3 is 2.39 bits per heavy atom. The van der Waals surface area contributed by atoms with Crippen molar-refractivity contribution in [3.63, 3.8) is 0 Å². The fourth-order valence-electron chi connectivity index (χ4n) is 2.24. The zero-order chi connectivity index (χ0) is 13.6. The number of nitrogens with zero attached hydrogens (tertiary/aromatic N) is 1. The van der Waals surface area contributed by atoms with Gasteiger partial charge in [0.15, 0.2) is 0 Å². The largest absolute Gasteiger partial charge is 0.314 e. The fourth-order valence-corrected chi connectivity index (χ4v) is 3.78. The molecule has 0 amide bonds. The van der Waals surface area contributed by atoms with E-state index in [9.17, 15) is 8.42 Å². The van der Waals surface area contributed by atoms with Crippen molar-refractivity contribution < 1.29 is 8.42 Å². The van der Waals surface area contributed by atoms with Gasteiger partial charge in [-0.15, -0.1) is 0 Å². The summed E-state index contributed by atoms with van der Waals surface area (Å²) in [6.07, 6.45) is 3.78. The van der Waals surface area contributed by atoms with Crippen molar-refractivity contribution in [2.45, 2.75) is 52.5 Å². The highest BCUT2D eigenvalue weighted by Gasteiger charge is 2.26. The van der Waals surface area contributed by atoms with Crippen LogP contribution in [0.1, 0.15) is 46.5 Å². The van der Waals surface area contributed by atoms with E-state index in [1.165, 1.54) is 6.42 Å². The second-order valence-corrected chi connectivity index (χ2v) is 7.50. The molecule has 18 heavy (non-hydrogen) atoms. The van der Waals surface area contributed by atoms with Gasteiger partial charge in [-0.2, -0.15) is 0 Å². The quantitative estimate of drug-likeness (QED) is 0.772. The van der Waals surface area contributed by atoms with Gasteiger partial charge in [0.2, 0.25) is 10.0 Å². The molecule has 0 bridgehead atoms. The topological polar surface area (TPSA) is 49.4 Å². The lowest BCUT2D eigenvalue weighted by molar-refractivity contribution is 0.281. The van der Waals surface area contributed by atoms with Crippen LogP contribution in [0.5, 0.6) is 0 Å². The molecule has 1 unspecified atom stereocenters. The first-order valence-corrected chi connectivity index (χ1v) is 8.81. The first-order chi connectivity index (χ1) is 8.49. The van der Waals surface area contributed by atoms with E-state index >= 15 is 0 Å². The second kappa shape index (κ2) is 7.46. The van der Waals surface area contributed by atoms with Gasteiger partial charge in [-0.05, 0) is 31.7 Å². The summed E-state index contributed by atoms with van der Waals surface area (Å²) in [4.78, 5) is 0. The normalized spacial score (nSPS) is 21.1. The highest BCUT2D eigenvalue weighted by atomic mass is 32.2. The van der Waals surface area contributed by atoms with Crippen LogP contribution in [0.3, 0.4) is 0 Å². The van der Waals surface area contributed by atoms with Gasteiger partial charge in [0.05, 0.1) is 5.75 Å². The molecule has 4 nitrogen and oxygen atoms in total. The van der Waals surface area contributed by atoms with Crippen LogP contribution in [0.25, 0.3) is 0 Å². The van der Waals surface area contributed by atoms with E-state index in [-0.39, 0.29) is 5.75 Å². The van der Waals surface area contributed by atoms with Crippen LogP contribution in [0.2, 0.25) is 0 Å². The summed E-state index contributed by atoms with van der Waals surface area (Å²) >= 11 is 0. The molecule has 0 aliphatic carbocycles. The van der Waals surface area contributed by atoms with Crippen LogP contribution in [-0.2, 0) is 10.0 Å². The average Bonchev–Trinajstić information content (AvgIpc) is 2.36. The Kier molecular flexibility index (Phi) is 6.60. The Hall–Kier alpha value is -0.130. The predicted octanol–water partition coefficient (Wildman–Crippen LogP) is 1.83. The van der Waals surface area contributed by atoms with Crippen molar-refractivity contribution >= 4 is 10.0 Å². The molecular formula is C13H28N2O2S. The first-order valence-electron chi connectivity index (χ1n) is 7.20. The first kappa shape index (κ1) is 15.9. The molecule has 0 aromatic heterocycles. The highest BCUT2D eigenvalue weighted by molar-refractivity contribution is 7.89. The van der Waals surface area contributed by atoms with E-state index in [0.717, 1.165) is 19.4 Å². The van der Waals surface area contributed by atoms with Crippen LogP contribution in [0.15, 0.2) is 0 Å². The summed E-state index contributed by atoms with van der Waals surface area (Å²) in [6.45, 7) is 8.77. The van der Waals surface area contributed by atoms with Crippen molar-refractivity contribution in [3.05, 3.63) is 0 Å².